The molecule has 0 saturated heterocycles. The molecular weight excluding hydrogens is 138 g/mol. The summed E-state index contributed by atoms with van der Waals surface area (Å²) < 4.78 is 5.42. The van der Waals surface area contributed by atoms with Gasteiger partial charge in [0.15, 0.2) is 0 Å². The molecule has 1 N–H and O–H groups in total. The molecule has 0 atom stereocenters. The van der Waals surface area contributed by atoms with Crippen molar-refractivity contribution < 1.29 is 4.74 Å². The fourth-order valence-corrected chi connectivity index (χ4v) is 1.08. The molecule has 1 aliphatic rings. The van der Waals surface area contributed by atoms with Gasteiger partial charge >= 0.3 is 0 Å². The summed E-state index contributed by atoms with van der Waals surface area (Å²) in [7, 11) is 0. The van der Waals surface area contributed by atoms with E-state index in [1.165, 1.54) is 19.3 Å². The lowest BCUT2D eigenvalue weighted by Crippen LogP contribution is -2.19. The molecule has 0 amide bonds. The predicted molar refractivity (Wildman–Crippen MR) is 46.7 cm³/mol. The first-order valence-electron chi connectivity index (χ1n) is 4.72. The molecule has 0 spiro atoms. The standard InChI is InChI=1S/C9H19NO/c1-2-10-6-8-11-7-5-9-3-4-9/h9-10H,2-8H2,1H3. The van der Waals surface area contributed by atoms with E-state index in [1.54, 1.807) is 0 Å². The molecule has 0 aromatic heterocycles. The summed E-state index contributed by atoms with van der Waals surface area (Å²) in [5.74, 6) is 1.01. The van der Waals surface area contributed by atoms with E-state index in [0.717, 1.165) is 32.2 Å². The van der Waals surface area contributed by atoms with Crippen molar-refractivity contribution in [2.45, 2.75) is 26.2 Å². The van der Waals surface area contributed by atoms with Crippen LogP contribution < -0.4 is 5.32 Å². The second-order valence-corrected chi connectivity index (χ2v) is 3.20. The van der Waals surface area contributed by atoms with Crippen LogP contribution in [-0.4, -0.2) is 26.3 Å². The van der Waals surface area contributed by atoms with E-state index in [9.17, 15) is 0 Å². The topological polar surface area (TPSA) is 21.3 Å². The first-order chi connectivity index (χ1) is 5.43. The zero-order chi connectivity index (χ0) is 7.94. The van der Waals surface area contributed by atoms with Gasteiger partial charge < -0.3 is 10.1 Å². The molecule has 1 rings (SSSR count). The van der Waals surface area contributed by atoms with Gasteiger partial charge in [0.2, 0.25) is 0 Å². The van der Waals surface area contributed by atoms with Crippen LogP contribution in [0.25, 0.3) is 0 Å². The summed E-state index contributed by atoms with van der Waals surface area (Å²) in [6.45, 7) is 6.01. The maximum Gasteiger partial charge on any atom is 0.0590 e. The Hall–Kier alpha value is -0.0800. The molecule has 2 heteroatoms. The van der Waals surface area contributed by atoms with Crippen molar-refractivity contribution in [2.75, 3.05) is 26.3 Å². The van der Waals surface area contributed by atoms with Crippen LogP contribution in [-0.2, 0) is 4.74 Å². The summed E-state index contributed by atoms with van der Waals surface area (Å²) in [5, 5.41) is 3.23. The third-order valence-corrected chi connectivity index (χ3v) is 2.04. The zero-order valence-electron chi connectivity index (χ0n) is 7.44. The molecule has 0 unspecified atom stereocenters. The average Bonchev–Trinajstić information content (AvgIpc) is 2.80. The van der Waals surface area contributed by atoms with Crippen LogP contribution in [0.4, 0.5) is 0 Å². The first-order valence-corrected chi connectivity index (χ1v) is 4.72. The number of ether oxygens (including phenoxy) is 1. The third-order valence-electron chi connectivity index (χ3n) is 2.04. The number of likely N-dealkylation sites (N-methyl/N-ethyl adjacent to an activating group) is 1. The normalized spacial score (nSPS) is 17.2. The summed E-state index contributed by atoms with van der Waals surface area (Å²) in [4.78, 5) is 0. The SMILES string of the molecule is CCNCCOCCC1CC1. The van der Waals surface area contributed by atoms with Crippen molar-refractivity contribution in [1.82, 2.24) is 5.32 Å². The van der Waals surface area contributed by atoms with Gasteiger partial charge in [-0.1, -0.05) is 19.8 Å². The van der Waals surface area contributed by atoms with E-state index in [-0.39, 0.29) is 0 Å². The van der Waals surface area contributed by atoms with Gasteiger partial charge in [0, 0.05) is 13.2 Å². The van der Waals surface area contributed by atoms with E-state index in [0.29, 0.717) is 0 Å². The molecule has 0 aromatic rings. The maximum absolute atomic E-state index is 5.42. The number of hydrogen-bond acceptors (Lipinski definition) is 2. The highest BCUT2D eigenvalue weighted by Crippen LogP contribution is 2.31. The minimum absolute atomic E-state index is 0.876. The van der Waals surface area contributed by atoms with Crippen LogP contribution in [0, 0.1) is 5.92 Å². The Labute approximate surface area is 69.3 Å². The van der Waals surface area contributed by atoms with Gasteiger partial charge in [-0.3, -0.25) is 0 Å². The highest BCUT2D eigenvalue weighted by Gasteiger charge is 2.20. The molecule has 1 fully saturated rings. The van der Waals surface area contributed by atoms with E-state index < -0.39 is 0 Å². The summed E-state index contributed by atoms with van der Waals surface area (Å²) in [5.41, 5.74) is 0. The summed E-state index contributed by atoms with van der Waals surface area (Å²) >= 11 is 0. The lowest BCUT2D eigenvalue weighted by Gasteiger charge is -2.02. The van der Waals surface area contributed by atoms with Crippen LogP contribution in [0.2, 0.25) is 0 Å². The predicted octanol–water partition coefficient (Wildman–Crippen LogP) is 1.41. The van der Waals surface area contributed by atoms with Crippen LogP contribution in [0.3, 0.4) is 0 Å². The minimum atomic E-state index is 0.876. The molecule has 0 heterocycles. The molecule has 11 heavy (non-hydrogen) atoms. The largest absolute Gasteiger partial charge is 0.380 e. The van der Waals surface area contributed by atoms with Gasteiger partial charge in [0.05, 0.1) is 6.61 Å². The van der Waals surface area contributed by atoms with Gasteiger partial charge in [0.1, 0.15) is 0 Å². The Morgan fingerprint density at radius 3 is 2.82 bits per heavy atom. The van der Waals surface area contributed by atoms with Gasteiger partial charge in [-0.25, -0.2) is 0 Å². The van der Waals surface area contributed by atoms with E-state index in [4.69, 9.17) is 4.74 Å². The molecule has 66 valence electrons. The fourth-order valence-electron chi connectivity index (χ4n) is 1.08. The Bertz CT molecular complexity index is 91.6. The molecular formula is C9H19NO. The van der Waals surface area contributed by atoms with Crippen molar-refractivity contribution in [1.29, 1.82) is 0 Å². The molecule has 1 saturated carbocycles. The van der Waals surface area contributed by atoms with Gasteiger partial charge in [-0.2, -0.15) is 0 Å². The molecule has 0 aromatic carbocycles. The number of nitrogens with one attached hydrogen (secondary N) is 1. The van der Waals surface area contributed by atoms with Gasteiger partial charge in [-0.15, -0.1) is 0 Å². The van der Waals surface area contributed by atoms with Crippen LogP contribution >= 0.6 is 0 Å². The highest BCUT2D eigenvalue weighted by atomic mass is 16.5. The molecule has 1 aliphatic carbocycles. The first kappa shape index (κ1) is 9.01. The third kappa shape index (κ3) is 5.22. The Kier molecular flexibility index (Phi) is 4.55. The molecule has 0 bridgehead atoms. The van der Waals surface area contributed by atoms with Crippen LogP contribution in [0.5, 0.6) is 0 Å². The summed E-state index contributed by atoms with van der Waals surface area (Å²) in [6, 6.07) is 0. The van der Waals surface area contributed by atoms with Crippen molar-refractivity contribution in [2.24, 2.45) is 5.92 Å². The number of rotatable bonds is 7. The number of hydrogen-bond donors (Lipinski definition) is 1. The molecule has 0 radical (unpaired) electrons. The summed E-state index contributed by atoms with van der Waals surface area (Å²) in [6.07, 6.45) is 4.17. The molecule has 2 nitrogen and oxygen atoms in total. The smallest absolute Gasteiger partial charge is 0.0590 e. The van der Waals surface area contributed by atoms with Crippen molar-refractivity contribution in [3.8, 4) is 0 Å². The van der Waals surface area contributed by atoms with Crippen LogP contribution in [0.15, 0.2) is 0 Å². The zero-order valence-corrected chi connectivity index (χ0v) is 7.44. The average molecular weight is 157 g/mol. The Morgan fingerprint density at radius 1 is 1.36 bits per heavy atom. The second kappa shape index (κ2) is 5.56. The van der Waals surface area contributed by atoms with Gasteiger partial charge in [0.25, 0.3) is 0 Å². The van der Waals surface area contributed by atoms with E-state index >= 15 is 0 Å². The highest BCUT2D eigenvalue weighted by molar-refractivity contribution is 4.72. The lowest BCUT2D eigenvalue weighted by atomic mass is 10.3. The van der Waals surface area contributed by atoms with Crippen molar-refractivity contribution >= 4 is 0 Å². The van der Waals surface area contributed by atoms with Crippen molar-refractivity contribution in [3.63, 3.8) is 0 Å². The van der Waals surface area contributed by atoms with E-state index in [2.05, 4.69) is 12.2 Å². The fraction of sp³-hybridized carbons (Fsp3) is 1.00. The van der Waals surface area contributed by atoms with Crippen LogP contribution in [0.1, 0.15) is 26.2 Å². The quantitative estimate of drug-likeness (QED) is 0.564. The second-order valence-electron chi connectivity index (χ2n) is 3.20. The monoisotopic (exact) mass is 157 g/mol. The maximum atomic E-state index is 5.42. The lowest BCUT2D eigenvalue weighted by molar-refractivity contribution is 0.130. The van der Waals surface area contributed by atoms with Crippen molar-refractivity contribution in [3.05, 3.63) is 0 Å². The minimum Gasteiger partial charge on any atom is -0.380 e. The Morgan fingerprint density at radius 2 is 2.18 bits per heavy atom. The Balaban J connectivity index is 1.66. The van der Waals surface area contributed by atoms with E-state index in [1.807, 2.05) is 0 Å². The molecule has 0 aliphatic heterocycles. The van der Waals surface area contributed by atoms with Gasteiger partial charge in [-0.05, 0) is 18.9 Å².